The third-order valence-corrected chi connectivity index (χ3v) is 8.91. The molecule has 0 N–H and O–H groups in total. The van der Waals surface area contributed by atoms with Crippen molar-refractivity contribution >= 4 is 11.2 Å². The van der Waals surface area contributed by atoms with Gasteiger partial charge in [-0.3, -0.25) is 13.9 Å². The van der Waals surface area contributed by atoms with E-state index in [9.17, 15) is 14.0 Å². The van der Waals surface area contributed by atoms with E-state index in [1.807, 2.05) is 37.5 Å². The Morgan fingerprint density at radius 3 is 2.47 bits per heavy atom. The fraction of sp³-hybridized carbons (Fsp3) is 0.529. The largest absolute Gasteiger partial charge is 0.474 e. The molecule has 1 aromatic carbocycles. The predicted octanol–water partition coefficient (Wildman–Crippen LogP) is 5.61. The summed E-state index contributed by atoms with van der Waals surface area (Å²) in [6.45, 7) is 9.36. The van der Waals surface area contributed by atoms with Crippen molar-refractivity contribution in [3.8, 4) is 17.3 Å². The molecule has 1 aliphatic carbocycles. The molecule has 1 saturated heterocycles. The molecule has 1 saturated carbocycles. The molecule has 0 radical (unpaired) electrons. The summed E-state index contributed by atoms with van der Waals surface area (Å²) in [5, 5.41) is 0. The number of hydrogen-bond acceptors (Lipinski definition) is 7. The van der Waals surface area contributed by atoms with Gasteiger partial charge >= 0.3 is 5.69 Å². The number of aryl methyl sites for hydroxylation is 1. The van der Waals surface area contributed by atoms with Crippen LogP contribution in [0.15, 0.2) is 46.0 Å². The molecule has 3 aromatic heterocycles. The first kappa shape index (κ1) is 31.2. The first-order chi connectivity index (χ1) is 21.7. The predicted molar refractivity (Wildman–Crippen MR) is 169 cm³/mol. The van der Waals surface area contributed by atoms with E-state index in [1.54, 1.807) is 16.7 Å². The number of nitrogens with zero attached hydrogens (tertiary/aromatic N) is 5. The van der Waals surface area contributed by atoms with Crippen molar-refractivity contribution in [2.75, 3.05) is 13.2 Å². The first-order valence-corrected chi connectivity index (χ1v) is 16.1. The molecule has 2 fully saturated rings. The second kappa shape index (κ2) is 13.3. The minimum absolute atomic E-state index is 0.158. The Labute approximate surface area is 261 Å². The molecule has 4 aromatic rings. The SMILES string of the molecule is Cc1nc(OC2CCC2C)ccc1-c1nc2c(c(=O)n(CCCOC3CCCCO3)c(=O)n2C(C)C)n1Cc1ccc(F)cc1. The normalized spacial score (nSPS) is 20.1. The molecule has 2 aliphatic rings. The lowest BCUT2D eigenvalue weighted by molar-refractivity contribution is -0.163. The van der Waals surface area contributed by atoms with Crippen molar-refractivity contribution in [1.82, 2.24) is 23.7 Å². The van der Waals surface area contributed by atoms with E-state index in [-0.39, 0.29) is 37.3 Å². The van der Waals surface area contributed by atoms with E-state index in [0.29, 0.717) is 54.1 Å². The summed E-state index contributed by atoms with van der Waals surface area (Å²) in [5.74, 6) is 1.21. The molecule has 3 atom stereocenters. The number of aromatic nitrogens is 5. The number of hydrogen-bond donors (Lipinski definition) is 0. The van der Waals surface area contributed by atoms with Crippen molar-refractivity contribution in [2.45, 2.75) is 97.7 Å². The van der Waals surface area contributed by atoms with Crippen LogP contribution in [0.25, 0.3) is 22.6 Å². The fourth-order valence-electron chi connectivity index (χ4n) is 6.14. The molecule has 0 amide bonds. The first-order valence-electron chi connectivity index (χ1n) is 16.1. The van der Waals surface area contributed by atoms with Crippen LogP contribution in [0.2, 0.25) is 0 Å². The van der Waals surface area contributed by atoms with Gasteiger partial charge in [0.15, 0.2) is 17.5 Å². The zero-order chi connectivity index (χ0) is 31.7. The highest BCUT2D eigenvalue weighted by Crippen LogP contribution is 2.32. The zero-order valence-corrected chi connectivity index (χ0v) is 26.5. The molecule has 1 aliphatic heterocycles. The Morgan fingerprint density at radius 2 is 1.82 bits per heavy atom. The Kier molecular flexibility index (Phi) is 9.18. The highest BCUT2D eigenvalue weighted by molar-refractivity contribution is 5.78. The maximum Gasteiger partial charge on any atom is 0.332 e. The monoisotopic (exact) mass is 619 g/mol. The van der Waals surface area contributed by atoms with Gasteiger partial charge in [0, 0.05) is 37.4 Å². The van der Waals surface area contributed by atoms with Crippen LogP contribution in [0.5, 0.6) is 5.88 Å². The molecule has 11 heteroatoms. The number of halogens is 1. The van der Waals surface area contributed by atoms with Crippen LogP contribution in [0, 0.1) is 18.7 Å². The summed E-state index contributed by atoms with van der Waals surface area (Å²) in [6, 6.07) is 9.64. The van der Waals surface area contributed by atoms with Crippen LogP contribution in [0.3, 0.4) is 0 Å². The summed E-state index contributed by atoms with van der Waals surface area (Å²) in [6.07, 6.45) is 5.49. The number of imidazole rings is 1. The molecule has 10 nitrogen and oxygen atoms in total. The minimum Gasteiger partial charge on any atom is -0.474 e. The number of pyridine rings is 1. The molecular formula is C34H42FN5O5. The van der Waals surface area contributed by atoms with Crippen LogP contribution in [-0.4, -0.2) is 49.3 Å². The maximum atomic E-state index is 14.2. The second-order valence-corrected chi connectivity index (χ2v) is 12.5. The third kappa shape index (κ3) is 6.46. The van der Waals surface area contributed by atoms with Gasteiger partial charge < -0.3 is 18.8 Å². The molecule has 4 heterocycles. The van der Waals surface area contributed by atoms with Crippen molar-refractivity contribution < 1.29 is 18.6 Å². The lowest BCUT2D eigenvalue weighted by Crippen LogP contribution is -2.41. The van der Waals surface area contributed by atoms with Gasteiger partial charge in [-0.1, -0.05) is 19.1 Å². The Morgan fingerprint density at radius 1 is 1.02 bits per heavy atom. The van der Waals surface area contributed by atoms with E-state index in [2.05, 4.69) is 6.92 Å². The van der Waals surface area contributed by atoms with Gasteiger partial charge in [-0.2, -0.15) is 0 Å². The Hall–Kier alpha value is -3.83. The second-order valence-electron chi connectivity index (χ2n) is 12.5. The molecule has 6 rings (SSSR count). The van der Waals surface area contributed by atoms with Gasteiger partial charge in [0.05, 0.1) is 12.3 Å². The average Bonchev–Trinajstić information content (AvgIpc) is 3.38. The van der Waals surface area contributed by atoms with E-state index < -0.39 is 11.2 Å². The van der Waals surface area contributed by atoms with E-state index >= 15 is 0 Å². The fourth-order valence-corrected chi connectivity index (χ4v) is 6.14. The highest BCUT2D eigenvalue weighted by Gasteiger charge is 2.29. The summed E-state index contributed by atoms with van der Waals surface area (Å²) in [4.78, 5) is 37.7. The van der Waals surface area contributed by atoms with Gasteiger partial charge in [-0.05, 0) is 89.0 Å². The van der Waals surface area contributed by atoms with Crippen LogP contribution in [0.4, 0.5) is 4.39 Å². The maximum absolute atomic E-state index is 14.2. The number of ether oxygens (including phenoxy) is 3. The average molecular weight is 620 g/mol. The molecule has 0 spiro atoms. The highest BCUT2D eigenvalue weighted by atomic mass is 19.1. The zero-order valence-electron chi connectivity index (χ0n) is 26.5. The molecule has 3 unspecified atom stereocenters. The van der Waals surface area contributed by atoms with Crippen LogP contribution >= 0.6 is 0 Å². The van der Waals surface area contributed by atoms with Crippen LogP contribution < -0.4 is 16.0 Å². The molecular weight excluding hydrogens is 577 g/mol. The van der Waals surface area contributed by atoms with Crippen LogP contribution in [-0.2, 0) is 22.6 Å². The number of rotatable bonds is 11. The number of benzene rings is 1. The van der Waals surface area contributed by atoms with Crippen molar-refractivity contribution in [1.29, 1.82) is 0 Å². The molecule has 0 bridgehead atoms. The minimum atomic E-state index is -0.425. The molecule has 240 valence electrons. The van der Waals surface area contributed by atoms with E-state index in [1.165, 1.54) is 16.7 Å². The Balaban J connectivity index is 1.42. The van der Waals surface area contributed by atoms with Gasteiger partial charge in [-0.15, -0.1) is 0 Å². The number of fused-ring (bicyclic) bond motifs is 1. The van der Waals surface area contributed by atoms with E-state index in [0.717, 1.165) is 43.2 Å². The van der Waals surface area contributed by atoms with Crippen LogP contribution in [0.1, 0.15) is 76.6 Å². The summed E-state index contributed by atoms with van der Waals surface area (Å²) < 4.78 is 36.2. The standard InChI is InChI=1S/C34H42FN5O5/c1-21(2)40-32-30(33(41)38(34(40)42)17-7-19-44-29-8-5-6-18-43-29)39(20-24-10-12-25(35)13-11-24)31(37-32)26-14-16-28(36-23(26)4)45-27-15-9-22(27)3/h10-14,16,21-22,27,29H,5-9,15,17-20H2,1-4H3. The topological polar surface area (TPSA) is 102 Å². The quantitative estimate of drug-likeness (QED) is 0.201. The summed E-state index contributed by atoms with van der Waals surface area (Å²) in [7, 11) is 0. The lowest BCUT2D eigenvalue weighted by atomic mass is 9.84. The molecule has 45 heavy (non-hydrogen) atoms. The lowest BCUT2D eigenvalue weighted by Gasteiger charge is -2.33. The van der Waals surface area contributed by atoms with Gasteiger partial charge in [0.25, 0.3) is 5.56 Å². The van der Waals surface area contributed by atoms with Crippen molar-refractivity contribution in [3.63, 3.8) is 0 Å². The van der Waals surface area contributed by atoms with E-state index in [4.69, 9.17) is 24.2 Å². The Bertz CT molecular complexity index is 1770. The smallest absolute Gasteiger partial charge is 0.332 e. The third-order valence-electron chi connectivity index (χ3n) is 8.91. The summed E-state index contributed by atoms with van der Waals surface area (Å²) >= 11 is 0. The van der Waals surface area contributed by atoms with Gasteiger partial charge in [0.1, 0.15) is 17.7 Å². The van der Waals surface area contributed by atoms with Gasteiger partial charge in [-0.25, -0.2) is 19.2 Å². The van der Waals surface area contributed by atoms with Crippen molar-refractivity contribution in [2.24, 2.45) is 5.92 Å². The summed E-state index contributed by atoms with van der Waals surface area (Å²) in [5.41, 5.74) is 1.97. The van der Waals surface area contributed by atoms with Crippen molar-refractivity contribution in [3.05, 3.63) is 74.3 Å². The van der Waals surface area contributed by atoms with Gasteiger partial charge in [0.2, 0.25) is 5.88 Å².